The fourth-order valence-corrected chi connectivity index (χ4v) is 1.06. The maximum atomic E-state index is 10.9. The number of primary amides is 1. The summed E-state index contributed by atoms with van der Waals surface area (Å²) < 4.78 is 0. The number of carbonyl (C=O) groups is 1. The van der Waals surface area contributed by atoms with E-state index in [1.54, 1.807) is 13.8 Å². The van der Waals surface area contributed by atoms with Crippen molar-refractivity contribution in [3.63, 3.8) is 0 Å². The molecule has 0 aromatic rings. The van der Waals surface area contributed by atoms with Gasteiger partial charge in [0.2, 0.25) is 5.91 Å². The van der Waals surface area contributed by atoms with Crippen LogP contribution in [-0.2, 0) is 4.79 Å². The van der Waals surface area contributed by atoms with E-state index in [2.05, 4.69) is 6.07 Å². The third-order valence-electron chi connectivity index (χ3n) is 2.13. The van der Waals surface area contributed by atoms with Gasteiger partial charge in [0, 0.05) is 13.1 Å². The lowest BCUT2D eigenvalue weighted by Crippen LogP contribution is -2.37. The van der Waals surface area contributed by atoms with Gasteiger partial charge >= 0.3 is 0 Å². The van der Waals surface area contributed by atoms with E-state index in [1.807, 2.05) is 4.90 Å². The van der Waals surface area contributed by atoms with E-state index in [0.717, 1.165) is 6.54 Å². The van der Waals surface area contributed by atoms with Crippen LogP contribution in [0, 0.1) is 16.7 Å². The summed E-state index contributed by atoms with van der Waals surface area (Å²) in [7, 11) is 0. The van der Waals surface area contributed by atoms with Gasteiger partial charge in [0.1, 0.15) is 6.04 Å². The van der Waals surface area contributed by atoms with Gasteiger partial charge in [-0.15, -0.1) is 0 Å². The SMILES string of the molecule is CC(C)(CN1CC1C#N)C(N)=O. The zero-order chi connectivity index (χ0) is 9.35. The maximum absolute atomic E-state index is 10.9. The minimum atomic E-state index is -0.522. The van der Waals surface area contributed by atoms with Crippen molar-refractivity contribution >= 4 is 5.91 Å². The highest BCUT2D eigenvalue weighted by molar-refractivity contribution is 5.80. The molecule has 0 saturated carbocycles. The molecule has 0 aromatic heterocycles. The van der Waals surface area contributed by atoms with E-state index in [0.29, 0.717) is 6.54 Å². The zero-order valence-electron chi connectivity index (χ0n) is 7.37. The first-order chi connectivity index (χ1) is 5.47. The normalized spacial score (nSPS) is 27.8. The number of carbonyl (C=O) groups excluding carboxylic acids is 1. The van der Waals surface area contributed by atoms with Crippen molar-refractivity contribution in [1.29, 1.82) is 5.26 Å². The smallest absolute Gasteiger partial charge is 0.224 e. The number of hydrogen-bond donors (Lipinski definition) is 1. The number of rotatable bonds is 3. The Bertz CT molecular complexity index is 241. The molecule has 66 valence electrons. The molecule has 12 heavy (non-hydrogen) atoms. The first kappa shape index (κ1) is 9.01. The van der Waals surface area contributed by atoms with E-state index < -0.39 is 5.41 Å². The molecule has 2 unspecified atom stereocenters. The predicted octanol–water partition coefficient (Wildman–Crippen LogP) is -0.294. The first-order valence-electron chi connectivity index (χ1n) is 3.91. The van der Waals surface area contributed by atoms with E-state index in [9.17, 15) is 4.79 Å². The Hall–Kier alpha value is -1.08. The van der Waals surface area contributed by atoms with Gasteiger partial charge in [-0.1, -0.05) is 0 Å². The standard InChI is InChI=1S/C8H13N3O/c1-8(2,7(10)12)5-11-4-6(11)3-9/h6H,4-5H2,1-2H3,(H2,10,12). The quantitative estimate of drug-likeness (QED) is 0.587. The summed E-state index contributed by atoms with van der Waals surface area (Å²) in [4.78, 5) is 12.8. The number of nitrogens with zero attached hydrogens (tertiary/aromatic N) is 2. The van der Waals surface area contributed by atoms with E-state index >= 15 is 0 Å². The highest BCUT2D eigenvalue weighted by atomic mass is 16.1. The zero-order valence-corrected chi connectivity index (χ0v) is 7.37. The van der Waals surface area contributed by atoms with Crippen molar-refractivity contribution in [2.24, 2.45) is 11.1 Å². The molecule has 0 radical (unpaired) electrons. The summed E-state index contributed by atoms with van der Waals surface area (Å²) in [5, 5.41) is 8.50. The van der Waals surface area contributed by atoms with Crippen LogP contribution in [0.4, 0.5) is 0 Å². The Morgan fingerprint density at radius 3 is 2.75 bits per heavy atom. The third kappa shape index (κ3) is 1.74. The summed E-state index contributed by atoms with van der Waals surface area (Å²) in [5.74, 6) is -0.314. The molecule has 4 heteroatoms. The van der Waals surface area contributed by atoms with Gasteiger partial charge in [-0.2, -0.15) is 5.26 Å². The second-order valence-electron chi connectivity index (χ2n) is 3.82. The average molecular weight is 167 g/mol. The number of amides is 1. The summed E-state index contributed by atoms with van der Waals surface area (Å²) in [5.41, 5.74) is 4.66. The Labute approximate surface area is 71.9 Å². The monoisotopic (exact) mass is 167 g/mol. The van der Waals surface area contributed by atoms with Gasteiger partial charge in [-0.25, -0.2) is 0 Å². The van der Waals surface area contributed by atoms with Crippen LogP contribution in [0.5, 0.6) is 0 Å². The molecule has 0 bridgehead atoms. The molecule has 0 aromatic carbocycles. The van der Waals surface area contributed by atoms with E-state index in [-0.39, 0.29) is 11.9 Å². The molecular formula is C8H13N3O. The lowest BCUT2D eigenvalue weighted by atomic mass is 9.93. The summed E-state index contributed by atoms with van der Waals surface area (Å²) in [6.45, 7) is 4.94. The molecule has 0 aliphatic carbocycles. The van der Waals surface area contributed by atoms with Crippen LogP contribution in [0.15, 0.2) is 0 Å². The fraction of sp³-hybridized carbons (Fsp3) is 0.750. The predicted molar refractivity (Wildman–Crippen MR) is 43.9 cm³/mol. The van der Waals surface area contributed by atoms with Gasteiger partial charge in [-0.3, -0.25) is 9.69 Å². The summed E-state index contributed by atoms with van der Waals surface area (Å²) in [6.07, 6.45) is 0. The molecule has 2 atom stereocenters. The van der Waals surface area contributed by atoms with Crippen LogP contribution < -0.4 is 5.73 Å². The third-order valence-corrected chi connectivity index (χ3v) is 2.13. The lowest BCUT2D eigenvalue weighted by Gasteiger charge is -2.20. The van der Waals surface area contributed by atoms with Crippen molar-refractivity contribution in [2.45, 2.75) is 19.9 Å². The molecular weight excluding hydrogens is 154 g/mol. The number of nitriles is 1. The Morgan fingerprint density at radius 2 is 2.42 bits per heavy atom. The average Bonchev–Trinajstić information content (AvgIpc) is 2.66. The molecule has 1 fully saturated rings. The molecule has 1 rings (SSSR count). The van der Waals surface area contributed by atoms with Gasteiger partial charge in [0.25, 0.3) is 0 Å². The minimum Gasteiger partial charge on any atom is -0.369 e. The van der Waals surface area contributed by atoms with Crippen molar-refractivity contribution in [2.75, 3.05) is 13.1 Å². The van der Waals surface area contributed by atoms with Crippen LogP contribution in [0.3, 0.4) is 0 Å². The Balaban J connectivity index is 2.43. The fourth-order valence-electron chi connectivity index (χ4n) is 1.06. The van der Waals surface area contributed by atoms with Crippen molar-refractivity contribution in [3.8, 4) is 6.07 Å². The Kier molecular flexibility index (Phi) is 2.07. The Morgan fingerprint density at radius 1 is 1.83 bits per heavy atom. The molecule has 1 saturated heterocycles. The van der Waals surface area contributed by atoms with Gasteiger partial charge < -0.3 is 5.73 Å². The summed E-state index contributed by atoms with van der Waals surface area (Å²) in [6, 6.07) is 2.13. The van der Waals surface area contributed by atoms with E-state index in [4.69, 9.17) is 11.0 Å². The van der Waals surface area contributed by atoms with Gasteiger partial charge in [0.15, 0.2) is 0 Å². The van der Waals surface area contributed by atoms with Crippen molar-refractivity contribution in [1.82, 2.24) is 4.90 Å². The second kappa shape index (κ2) is 2.76. The van der Waals surface area contributed by atoms with Crippen molar-refractivity contribution in [3.05, 3.63) is 0 Å². The number of nitrogens with two attached hydrogens (primary N) is 1. The molecule has 2 N–H and O–H groups in total. The van der Waals surface area contributed by atoms with Crippen LogP contribution in [0.1, 0.15) is 13.8 Å². The van der Waals surface area contributed by atoms with Crippen LogP contribution in [-0.4, -0.2) is 29.9 Å². The maximum Gasteiger partial charge on any atom is 0.224 e. The lowest BCUT2D eigenvalue weighted by molar-refractivity contribution is -0.126. The highest BCUT2D eigenvalue weighted by Gasteiger charge is 2.39. The molecule has 1 aliphatic heterocycles. The van der Waals surface area contributed by atoms with Crippen LogP contribution in [0.25, 0.3) is 0 Å². The largest absolute Gasteiger partial charge is 0.369 e. The van der Waals surface area contributed by atoms with Gasteiger partial charge in [-0.05, 0) is 13.8 Å². The van der Waals surface area contributed by atoms with Crippen LogP contribution >= 0.6 is 0 Å². The summed E-state index contributed by atoms with van der Waals surface area (Å²) >= 11 is 0. The van der Waals surface area contributed by atoms with Crippen LogP contribution in [0.2, 0.25) is 0 Å². The van der Waals surface area contributed by atoms with Gasteiger partial charge in [0.05, 0.1) is 11.5 Å². The molecule has 1 heterocycles. The van der Waals surface area contributed by atoms with E-state index in [1.165, 1.54) is 0 Å². The molecule has 4 nitrogen and oxygen atoms in total. The highest BCUT2D eigenvalue weighted by Crippen LogP contribution is 2.24. The topological polar surface area (TPSA) is 69.9 Å². The molecule has 1 amide bonds. The second-order valence-corrected chi connectivity index (χ2v) is 3.82. The minimum absolute atomic E-state index is 0.00336. The first-order valence-corrected chi connectivity index (χ1v) is 3.91. The molecule has 1 aliphatic rings. The number of hydrogen-bond acceptors (Lipinski definition) is 3. The molecule has 0 spiro atoms. The van der Waals surface area contributed by atoms with Crippen molar-refractivity contribution < 1.29 is 4.79 Å².